The lowest BCUT2D eigenvalue weighted by Gasteiger charge is -2.34. The molecule has 0 aromatic carbocycles. The molecule has 0 saturated carbocycles. The molecule has 0 amide bonds. The largest absolute Gasteiger partial charge is 0.366 e. The average molecular weight is 375 g/mol. The van der Waals surface area contributed by atoms with E-state index in [1.165, 1.54) is 0 Å². The second-order valence-electron chi connectivity index (χ2n) is 6.51. The minimum Gasteiger partial charge on any atom is -0.366 e. The van der Waals surface area contributed by atoms with Gasteiger partial charge in [0, 0.05) is 50.8 Å². The molecule has 9 nitrogen and oxygen atoms in total. The molecule has 4 heterocycles. The van der Waals surface area contributed by atoms with E-state index in [9.17, 15) is 8.42 Å². The summed E-state index contributed by atoms with van der Waals surface area (Å²) in [5.41, 5.74) is 0. The van der Waals surface area contributed by atoms with Gasteiger partial charge >= 0.3 is 0 Å². The van der Waals surface area contributed by atoms with Crippen LogP contribution >= 0.6 is 0 Å². The van der Waals surface area contributed by atoms with Gasteiger partial charge in [-0.3, -0.25) is 0 Å². The Morgan fingerprint density at radius 2 is 1.62 bits per heavy atom. The molecule has 0 radical (unpaired) electrons. The maximum Gasteiger partial charge on any atom is 0.227 e. The molecule has 26 heavy (non-hydrogen) atoms. The summed E-state index contributed by atoms with van der Waals surface area (Å²) in [6, 6.07) is 3.51. The molecule has 1 atom stereocenters. The van der Waals surface area contributed by atoms with Crippen LogP contribution in [-0.2, 0) is 9.84 Å². The normalized spacial score (nSPS) is 22.4. The Kier molecular flexibility index (Phi) is 4.58. The van der Waals surface area contributed by atoms with Crippen molar-refractivity contribution in [3.05, 3.63) is 30.7 Å². The molecule has 0 aliphatic carbocycles. The number of anilines is 3. The van der Waals surface area contributed by atoms with E-state index in [4.69, 9.17) is 0 Å². The minimum atomic E-state index is -2.91. The molecule has 2 aliphatic heterocycles. The Bertz CT molecular complexity index is 854. The summed E-state index contributed by atoms with van der Waals surface area (Å²) in [6.45, 7) is 3.15. The van der Waals surface area contributed by atoms with Crippen LogP contribution in [0, 0.1) is 0 Å². The summed E-state index contributed by atoms with van der Waals surface area (Å²) in [7, 11) is -2.91. The zero-order valence-electron chi connectivity index (χ0n) is 14.3. The second-order valence-corrected chi connectivity index (χ2v) is 8.74. The molecular formula is C16H21N7O2S. The van der Waals surface area contributed by atoms with Gasteiger partial charge in [-0.1, -0.05) is 0 Å². The first-order valence-electron chi connectivity index (χ1n) is 8.66. The molecule has 1 unspecified atom stereocenters. The summed E-state index contributed by atoms with van der Waals surface area (Å²) in [5.74, 6) is 2.48. The highest BCUT2D eigenvalue weighted by Gasteiger charge is 2.28. The fraction of sp³-hybridized carbons (Fsp3) is 0.500. The standard InChI is InChI=1S/C16H21N7O2S/c24-26(25)11-3-13(12-26)20-14-2-6-19-16(21-14)23-9-7-22(8-10-23)15-17-4-1-5-18-15/h1-2,4-6,13H,3,7-12H2,(H,19,20,21). The van der Waals surface area contributed by atoms with Gasteiger partial charge in [-0.15, -0.1) is 0 Å². The van der Waals surface area contributed by atoms with Crippen molar-refractivity contribution in [1.82, 2.24) is 19.9 Å². The molecule has 4 rings (SSSR count). The number of hydrogen-bond acceptors (Lipinski definition) is 9. The van der Waals surface area contributed by atoms with Crippen LogP contribution in [0.4, 0.5) is 17.7 Å². The number of hydrogen-bond donors (Lipinski definition) is 1. The van der Waals surface area contributed by atoms with E-state index in [0.29, 0.717) is 18.2 Å². The number of nitrogens with zero attached hydrogens (tertiary/aromatic N) is 6. The lowest BCUT2D eigenvalue weighted by Crippen LogP contribution is -2.47. The van der Waals surface area contributed by atoms with Crippen molar-refractivity contribution in [3.63, 3.8) is 0 Å². The minimum absolute atomic E-state index is 0.0742. The highest BCUT2D eigenvalue weighted by molar-refractivity contribution is 7.91. The van der Waals surface area contributed by atoms with Crippen LogP contribution in [0.1, 0.15) is 6.42 Å². The quantitative estimate of drug-likeness (QED) is 0.802. The predicted octanol–water partition coefficient (Wildman–Crippen LogP) is 0.192. The summed E-state index contributed by atoms with van der Waals surface area (Å²) in [6.07, 6.45) is 5.82. The number of rotatable bonds is 4. The Morgan fingerprint density at radius 1 is 0.962 bits per heavy atom. The van der Waals surface area contributed by atoms with Crippen LogP contribution in [0.25, 0.3) is 0 Å². The van der Waals surface area contributed by atoms with Gasteiger partial charge in [0.2, 0.25) is 11.9 Å². The molecule has 10 heteroatoms. The van der Waals surface area contributed by atoms with Crippen molar-refractivity contribution in [1.29, 1.82) is 0 Å². The topological polar surface area (TPSA) is 104 Å². The first-order valence-corrected chi connectivity index (χ1v) is 10.5. The molecule has 138 valence electrons. The van der Waals surface area contributed by atoms with E-state index >= 15 is 0 Å². The Morgan fingerprint density at radius 3 is 2.27 bits per heavy atom. The summed E-state index contributed by atoms with van der Waals surface area (Å²) >= 11 is 0. The van der Waals surface area contributed by atoms with Crippen molar-refractivity contribution in [3.8, 4) is 0 Å². The summed E-state index contributed by atoms with van der Waals surface area (Å²) in [4.78, 5) is 21.8. The molecule has 2 aliphatic rings. The fourth-order valence-corrected chi connectivity index (χ4v) is 4.93. The highest BCUT2D eigenvalue weighted by Crippen LogP contribution is 2.19. The maximum absolute atomic E-state index is 11.6. The Labute approximate surface area is 152 Å². The molecule has 2 saturated heterocycles. The zero-order valence-corrected chi connectivity index (χ0v) is 15.1. The molecule has 2 aromatic heterocycles. The molecule has 2 aromatic rings. The van der Waals surface area contributed by atoms with Crippen LogP contribution in [0.5, 0.6) is 0 Å². The van der Waals surface area contributed by atoms with E-state index in [1.54, 1.807) is 24.7 Å². The molecule has 1 N–H and O–H groups in total. The molecule has 0 bridgehead atoms. The van der Waals surface area contributed by atoms with Gasteiger partial charge in [-0.05, 0) is 18.6 Å². The molecule has 0 spiro atoms. The fourth-order valence-electron chi connectivity index (χ4n) is 3.26. The number of sulfone groups is 1. The SMILES string of the molecule is O=S1(=O)CCC(Nc2ccnc(N3CCN(c4ncccn4)CC3)n2)C1. The van der Waals surface area contributed by atoms with Crippen molar-refractivity contribution < 1.29 is 8.42 Å². The number of piperazine rings is 1. The van der Waals surface area contributed by atoms with Crippen LogP contribution in [0.2, 0.25) is 0 Å². The third-order valence-corrected chi connectivity index (χ3v) is 6.39. The van der Waals surface area contributed by atoms with Crippen molar-refractivity contribution in [2.45, 2.75) is 12.5 Å². The van der Waals surface area contributed by atoms with Gasteiger partial charge < -0.3 is 15.1 Å². The average Bonchev–Trinajstić information content (AvgIpc) is 3.01. The third-order valence-electron chi connectivity index (χ3n) is 4.62. The Balaban J connectivity index is 1.38. The van der Waals surface area contributed by atoms with Gasteiger partial charge in [-0.2, -0.15) is 4.98 Å². The van der Waals surface area contributed by atoms with E-state index < -0.39 is 9.84 Å². The van der Waals surface area contributed by atoms with Crippen molar-refractivity contribution in [2.75, 3.05) is 52.8 Å². The second kappa shape index (κ2) is 7.02. The molecule has 2 fully saturated rings. The first kappa shape index (κ1) is 17.0. The van der Waals surface area contributed by atoms with Gasteiger partial charge in [0.25, 0.3) is 0 Å². The monoisotopic (exact) mass is 375 g/mol. The van der Waals surface area contributed by atoms with Gasteiger partial charge in [0.05, 0.1) is 11.5 Å². The lowest BCUT2D eigenvalue weighted by atomic mass is 10.2. The van der Waals surface area contributed by atoms with Gasteiger partial charge in [-0.25, -0.2) is 23.4 Å². The van der Waals surface area contributed by atoms with Gasteiger partial charge in [0.15, 0.2) is 9.84 Å². The zero-order chi connectivity index (χ0) is 18.0. The van der Waals surface area contributed by atoms with Crippen molar-refractivity contribution >= 4 is 27.6 Å². The van der Waals surface area contributed by atoms with Crippen molar-refractivity contribution in [2.24, 2.45) is 0 Å². The van der Waals surface area contributed by atoms with E-state index in [2.05, 4.69) is 35.1 Å². The van der Waals surface area contributed by atoms with E-state index in [1.807, 2.05) is 6.07 Å². The van der Waals surface area contributed by atoms with Gasteiger partial charge in [0.1, 0.15) is 5.82 Å². The van der Waals surface area contributed by atoms with Crippen LogP contribution in [0.3, 0.4) is 0 Å². The molecular weight excluding hydrogens is 354 g/mol. The van der Waals surface area contributed by atoms with Crippen LogP contribution in [-0.4, -0.2) is 72.1 Å². The predicted molar refractivity (Wildman–Crippen MR) is 99.2 cm³/mol. The van der Waals surface area contributed by atoms with Crippen LogP contribution < -0.4 is 15.1 Å². The van der Waals surface area contributed by atoms with E-state index in [0.717, 1.165) is 32.1 Å². The lowest BCUT2D eigenvalue weighted by molar-refractivity contribution is 0.602. The number of aromatic nitrogens is 4. The third kappa shape index (κ3) is 3.85. The number of nitrogens with one attached hydrogen (secondary N) is 1. The maximum atomic E-state index is 11.6. The first-order chi connectivity index (χ1) is 12.6. The van der Waals surface area contributed by atoms with Crippen LogP contribution in [0.15, 0.2) is 30.7 Å². The Hall–Kier alpha value is -2.49. The highest BCUT2D eigenvalue weighted by atomic mass is 32.2. The summed E-state index contributed by atoms with van der Waals surface area (Å²) in [5, 5.41) is 3.22. The van der Waals surface area contributed by atoms with E-state index in [-0.39, 0.29) is 17.5 Å². The summed E-state index contributed by atoms with van der Waals surface area (Å²) < 4.78 is 23.2. The smallest absolute Gasteiger partial charge is 0.227 e.